The summed E-state index contributed by atoms with van der Waals surface area (Å²) >= 11 is 0. The molecule has 0 fully saturated rings. The Morgan fingerprint density at radius 3 is 2.43 bits per heavy atom. The number of nitrogens with one attached hydrogen (secondary N) is 1. The Morgan fingerprint density at radius 1 is 1.19 bits per heavy atom. The number of unbranched alkanes of at least 4 members (excludes halogenated alkanes) is 1. The van der Waals surface area contributed by atoms with Crippen molar-refractivity contribution in [2.75, 3.05) is 19.8 Å². The Labute approximate surface area is 127 Å². The standard InChI is InChI=1S/C15H25NO4S/c1-13(2)5-3-4-10-16-21(18,19)15-8-6-14(7-9-15)20-12-11-17/h6-9,13,16-17H,3-5,10-12H2,1-2H3. The lowest BCUT2D eigenvalue weighted by atomic mass is 10.1. The van der Waals surface area contributed by atoms with Crippen molar-refractivity contribution in [1.82, 2.24) is 4.72 Å². The third kappa shape index (κ3) is 6.93. The van der Waals surface area contributed by atoms with Crippen LogP contribution in [0.5, 0.6) is 5.75 Å². The second kappa shape index (κ2) is 9.02. The van der Waals surface area contributed by atoms with E-state index < -0.39 is 10.0 Å². The molecule has 21 heavy (non-hydrogen) atoms. The molecule has 0 bridgehead atoms. The van der Waals surface area contributed by atoms with Crippen molar-refractivity contribution in [2.45, 2.75) is 38.0 Å². The highest BCUT2D eigenvalue weighted by Crippen LogP contribution is 2.16. The van der Waals surface area contributed by atoms with Gasteiger partial charge in [0.1, 0.15) is 12.4 Å². The highest BCUT2D eigenvalue weighted by molar-refractivity contribution is 7.89. The van der Waals surface area contributed by atoms with E-state index in [0.29, 0.717) is 18.2 Å². The zero-order valence-electron chi connectivity index (χ0n) is 12.7. The summed E-state index contributed by atoms with van der Waals surface area (Å²) in [6.45, 7) is 4.89. The van der Waals surface area contributed by atoms with Crippen LogP contribution in [0, 0.1) is 5.92 Å². The molecule has 0 aromatic heterocycles. The molecule has 0 aliphatic heterocycles. The van der Waals surface area contributed by atoms with Gasteiger partial charge in [-0.1, -0.05) is 26.7 Å². The Bertz CT molecular complexity index is 497. The van der Waals surface area contributed by atoms with Crippen molar-refractivity contribution < 1.29 is 18.3 Å². The van der Waals surface area contributed by atoms with E-state index >= 15 is 0 Å². The van der Waals surface area contributed by atoms with Gasteiger partial charge in [-0.05, 0) is 36.6 Å². The van der Waals surface area contributed by atoms with Crippen LogP contribution in [-0.2, 0) is 10.0 Å². The third-order valence-electron chi connectivity index (χ3n) is 2.99. The molecule has 2 N–H and O–H groups in total. The first-order chi connectivity index (χ1) is 9.95. The molecule has 0 atom stereocenters. The van der Waals surface area contributed by atoms with Gasteiger partial charge in [0.15, 0.2) is 0 Å². The average Bonchev–Trinajstić information content (AvgIpc) is 2.44. The maximum absolute atomic E-state index is 12.1. The lowest BCUT2D eigenvalue weighted by molar-refractivity contribution is 0.201. The molecule has 1 aromatic rings. The van der Waals surface area contributed by atoms with Gasteiger partial charge in [-0.2, -0.15) is 0 Å². The number of aliphatic hydroxyl groups is 1. The monoisotopic (exact) mass is 315 g/mol. The number of hydrogen-bond donors (Lipinski definition) is 2. The molecule has 120 valence electrons. The number of hydrogen-bond acceptors (Lipinski definition) is 4. The number of sulfonamides is 1. The molecular formula is C15H25NO4S. The predicted octanol–water partition coefficient (Wildman–Crippen LogP) is 2.16. The van der Waals surface area contributed by atoms with Crippen molar-refractivity contribution in [3.63, 3.8) is 0 Å². The van der Waals surface area contributed by atoms with Gasteiger partial charge >= 0.3 is 0 Å². The molecular weight excluding hydrogens is 290 g/mol. The van der Waals surface area contributed by atoms with Gasteiger partial charge in [0, 0.05) is 6.54 Å². The van der Waals surface area contributed by atoms with E-state index in [-0.39, 0.29) is 18.1 Å². The fraction of sp³-hybridized carbons (Fsp3) is 0.600. The summed E-state index contributed by atoms with van der Waals surface area (Å²) in [4.78, 5) is 0.225. The Kier molecular flexibility index (Phi) is 7.71. The Balaban J connectivity index is 2.46. The van der Waals surface area contributed by atoms with Gasteiger partial charge in [-0.15, -0.1) is 0 Å². The quantitative estimate of drug-likeness (QED) is 0.649. The summed E-state index contributed by atoms with van der Waals surface area (Å²) in [5.41, 5.74) is 0. The average molecular weight is 315 g/mol. The van der Waals surface area contributed by atoms with E-state index in [1.165, 1.54) is 12.1 Å². The molecule has 0 saturated carbocycles. The van der Waals surface area contributed by atoms with Crippen LogP contribution in [0.25, 0.3) is 0 Å². The van der Waals surface area contributed by atoms with Crippen molar-refractivity contribution in [3.05, 3.63) is 24.3 Å². The SMILES string of the molecule is CC(C)CCCCNS(=O)(=O)c1ccc(OCCO)cc1. The van der Waals surface area contributed by atoms with Crippen LogP contribution in [-0.4, -0.2) is 33.3 Å². The zero-order chi connectivity index (χ0) is 15.7. The van der Waals surface area contributed by atoms with Crippen LogP contribution in [0.1, 0.15) is 33.1 Å². The lowest BCUT2D eigenvalue weighted by Gasteiger charge is -2.09. The van der Waals surface area contributed by atoms with E-state index in [1.807, 2.05) is 0 Å². The van der Waals surface area contributed by atoms with Crippen molar-refractivity contribution in [1.29, 1.82) is 0 Å². The summed E-state index contributed by atoms with van der Waals surface area (Å²) in [6, 6.07) is 6.18. The van der Waals surface area contributed by atoms with Gasteiger partial charge in [0.05, 0.1) is 11.5 Å². The molecule has 0 spiro atoms. The Morgan fingerprint density at radius 2 is 1.86 bits per heavy atom. The zero-order valence-corrected chi connectivity index (χ0v) is 13.5. The molecule has 0 amide bonds. The van der Waals surface area contributed by atoms with Gasteiger partial charge in [-0.3, -0.25) is 0 Å². The first-order valence-electron chi connectivity index (χ1n) is 7.29. The molecule has 0 unspecified atom stereocenters. The van der Waals surface area contributed by atoms with Gasteiger partial charge in [0.2, 0.25) is 10.0 Å². The molecule has 0 heterocycles. The largest absolute Gasteiger partial charge is 0.491 e. The fourth-order valence-corrected chi connectivity index (χ4v) is 2.92. The molecule has 0 saturated heterocycles. The maximum Gasteiger partial charge on any atom is 0.240 e. The molecule has 5 nitrogen and oxygen atoms in total. The van der Waals surface area contributed by atoms with Gasteiger partial charge in [0.25, 0.3) is 0 Å². The summed E-state index contributed by atoms with van der Waals surface area (Å²) in [7, 11) is -3.45. The third-order valence-corrected chi connectivity index (χ3v) is 4.47. The van der Waals surface area contributed by atoms with Crippen molar-refractivity contribution >= 4 is 10.0 Å². The van der Waals surface area contributed by atoms with Crippen LogP contribution in [0.2, 0.25) is 0 Å². The first-order valence-corrected chi connectivity index (χ1v) is 8.77. The maximum atomic E-state index is 12.1. The Hall–Kier alpha value is -1.11. The summed E-state index contributed by atoms with van der Waals surface area (Å²) < 4.78 is 31.9. The second-order valence-electron chi connectivity index (χ2n) is 5.33. The number of rotatable bonds is 10. The van der Waals surface area contributed by atoms with Crippen LogP contribution < -0.4 is 9.46 Å². The minimum atomic E-state index is -3.45. The lowest BCUT2D eigenvalue weighted by Crippen LogP contribution is -2.24. The summed E-state index contributed by atoms with van der Waals surface area (Å²) in [5.74, 6) is 1.19. The summed E-state index contributed by atoms with van der Waals surface area (Å²) in [6.07, 6.45) is 2.97. The van der Waals surface area contributed by atoms with Crippen molar-refractivity contribution in [3.8, 4) is 5.75 Å². The molecule has 0 radical (unpaired) electrons. The van der Waals surface area contributed by atoms with E-state index in [9.17, 15) is 8.42 Å². The van der Waals surface area contributed by atoms with Crippen LogP contribution in [0.4, 0.5) is 0 Å². The number of ether oxygens (including phenoxy) is 1. The highest BCUT2D eigenvalue weighted by Gasteiger charge is 2.13. The van der Waals surface area contributed by atoms with Gasteiger partial charge < -0.3 is 9.84 Å². The highest BCUT2D eigenvalue weighted by atomic mass is 32.2. The predicted molar refractivity (Wildman–Crippen MR) is 82.9 cm³/mol. The molecule has 0 aliphatic rings. The van der Waals surface area contributed by atoms with E-state index in [0.717, 1.165) is 19.3 Å². The van der Waals surface area contributed by atoms with Gasteiger partial charge in [-0.25, -0.2) is 13.1 Å². The minimum Gasteiger partial charge on any atom is -0.491 e. The van der Waals surface area contributed by atoms with E-state index in [1.54, 1.807) is 12.1 Å². The molecule has 1 aromatic carbocycles. The normalized spacial score (nSPS) is 11.8. The number of benzene rings is 1. The summed E-state index contributed by atoms with van der Waals surface area (Å²) in [5, 5.41) is 8.66. The number of aliphatic hydroxyl groups excluding tert-OH is 1. The van der Waals surface area contributed by atoms with Crippen molar-refractivity contribution in [2.24, 2.45) is 5.92 Å². The van der Waals surface area contributed by atoms with Crippen LogP contribution >= 0.6 is 0 Å². The minimum absolute atomic E-state index is 0.0714. The van der Waals surface area contributed by atoms with E-state index in [2.05, 4.69) is 18.6 Å². The molecule has 1 rings (SSSR count). The molecule has 0 aliphatic carbocycles. The molecule has 6 heteroatoms. The fourth-order valence-electron chi connectivity index (χ4n) is 1.85. The van der Waals surface area contributed by atoms with Crippen LogP contribution in [0.3, 0.4) is 0 Å². The topological polar surface area (TPSA) is 75.6 Å². The second-order valence-corrected chi connectivity index (χ2v) is 7.10. The smallest absolute Gasteiger partial charge is 0.240 e. The first kappa shape index (κ1) is 17.9. The van der Waals surface area contributed by atoms with Crippen LogP contribution in [0.15, 0.2) is 29.2 Å². The van der Waals surface area contributed by atoms with E-state index in [4.69, 9.17) is 9.84 Å².